The SMILES string of the molecule is CC(C)C(=O)NC1CC2CN(C3COCC(N)C3)CC2C1.Cc1ccc(F)cc1. The van der Waals surface area contributed by atoms with Gasteiger partial charge in [0.05, 0.1) is 13.2 Å². The molecular weight excluding hydrogens is 369 g/mol. The zero-order chi connectivity index (χ0) is 21.0. The second kappa shape index (κ2) is 10.0. The molecule has 0 spiro atoms. The molecule has 1 aliphatic carbocycles. The molecule has 2 aliphatic heterocycles. The van der Waals surface area contributed by atoms with E-state index in [0.717, 1.165) is 56.4 Å². The van der Waals surface area contributed by atoms with Crippen molar-refractivity contribution in [1.29, 1.82) is 0 Å². The lowest BCUT2D eigenvalue weighted by Crippen LogP contribution is -2.47. The maximum Gasteiger partial charge on any atom is 0.222 e. The highest BCUT2D eigenvalue weighted by Gasteiger charge is 2.43. The quantitative estimate of drug-likeness (QED) is 0.811. The summed E-state index contributed by atoms with van der Waals surface area (Å²) in [5.74, 6) is 1.59. The zero-order valence-corrected chi connectivity index (χ0v) is 17.9. The summed E-state index contributed by atoms with van der Waals surface area (Å²) in [4.78, 5) is 14.4. The topological polar surface area (TPSA) is 67.6 Å². The maximum absolute atomic E-state index is 12.1. The van der Waals surface area contributed by atoms with Crippen LogP contribution in [0.1, 0.15) is 38.7 Å². The van der Waals surface area contributed by atoms with Gasteiger partial charge in [-0.25, -0.2) is 4.39 Å². The standard InChI is InChI=1S/C16H29N3O2.C7H7F/c1-10(2)16(20)18-14-3-11-6-19(7-12(11)4-14)15-5-13(17)8-21-9-15;1-6-2-4-7(8)5-3-6/h10-15H,3-9,17H2,1-2H3,(H,18,20);2-5H,1H3. The second-order valence-electron chi connectivity index (χ2n) is 9.29. The summed E-state index contributed by atoms with van der Waals surface area (Å²) >= 11 is 0. The minimum absolute atomic E-state index is 0.0859. The van der Waals surface area contributed by atoms with Crippen LogP contribution in [0.5, 0.6) is 0 Å². The van der Waals surface area contributed by atoms with Gasteiger partial charge in [-0.3, -0.25) is 9.69 Å². The molecule has 0 bridgehead atoms. The Hall–Kier alpha value is -1.50. The molecule has 4 atom stereocenters. The first-order chi connectivity index (χ1) is 13.8. The lowest BCUT2D eigenvalue weighted by molar-refractivity contribution is -0.124. The number of nitrogens with zero attached hydrogens (tertiary/aromatic N) is 1. The number of carbonyl (C=O) groups is 1. The average molecular weight is 406 g/mol. The molecule has 1 saturated carbocycles. The van der Waals surface area contributed by atoms with Crippen molar-refractivity contribution in [2.75, 3.05) is 26.3 Å². The number of halogens is 1. The van der Waals surface area contributed by atoms with Crippen molar-refractivity contribution >= 4 is 5.91 Å². The molecule has 29 heavy (non-hydrogen) atoms. The Balaban J connectivity index is 0.000000252. The van der Waals surface area contributed by atoms with Gasteiger partial charge in [-0.15, -0.1) is 0 Å². The van der Waals surface area contributed by atoms with Crippen LogP contribution in [-0.4, -0.2) is 55.2 Å². The number of aryl methyl sites for hydroxylation is 1. The van der Waals surface area contributed by atoms with Crippen LogP contribution in [0.4, 0.5) is 4.39 Å². The monoisotopic (exact) mass is 405 g/mol. The van der Waals surface area contributed by atoms with Crippen molar-refractivity contribution in [3.8, 4) is 0 Å². The van der Waals surface area contributed by atoms with Crippen molar-refractivity contribution in [1.82, 2.24) is 10.2 Å². The predicted octanol–water partition coefficient (Wildman–Crippen LogP) is 2.72. The number of hydrogen-bond acceptors (Lipinski definition) is 4. The van der Waals surface area contributed by atoms with Crippen LogP contribution in [0.2, 0.25) is 0 Å². The Morgan fingerprint density at radius 2 is 1.76 bits per heavy atom. The summed E-state index contributed by atoms with van der Waals surface area (Å²) in [6, 6.07) is 7.49. The van der Waals surface area contributed by atoms with Crippen molar-refractivity contribution in [2.24, 2.45) is 23.5 Å². The van der Waals surface area contributed by atoms with Crippen LogP contribution in [0.25, 0.3) is 0 Å². The van der Waals surface area contributed by atoms with Crippen molar-refractivity contribution in [3.05, 3.63) is 35.6 Å². The molecule has 6 heteroatoms. The highest BCUT2D eigenvalue weighted by Crippen LogP contribution is 2.39. The van der Waals surface area contributed by atoms with Gasteiger partial charge >= 0.3 is 0 Å². The van der Waals surface area contributed by atoms with Crippen molar-refractivity contribution in [3.63, 3.8) is 0 Å². The molecule has 3 aliphatic rings. The van der Waals surface area contributed by atoms with Crippen molar-refractivity contribution < 1.29 is 13.9 Å². The van der Waals surface area contributed by atoms with Gasteiger partial charge in [0.15, 0.2) is 0 Å². The Morgan fingerprint density at radius 3 is 2.28 bits per heavy atom. The molecule has 1 amide bonds. The first-order valence-corrected chi connectivity index (χ1v) is 10.9. The molecule has 2 saturated heterocycles. The van der Waals surface area contributed by atoms with Crippen molar-refractivity contribution in [2.45, 2.75) is 58.2 Å². The van der Waals surface area contributed by atoms with Crippen LogP contribution in [0.15, 0.2) is 24.3 Å². The van der Waals surface area contributed by atoms with Gasteiger partial charge in [0.25, 0.3) is 0 Å². The van der Waals surface area contributed by atoms with Crippen LogP contribution in [-0.2, 0) is 9.53 Å². The van der Waals surface area contributed by atoms with Gasteiger partial charge < -0.3 is 15.8 Å². The molecule has 3 fully saturated rings. The van der Waals surface area contributed by atoms with E-state index in [1.54, 1.807) is 12.1 Å². The van der Waals surface area contributed by atoms with Crippen LogP contribution >= 0.6 is 0 Å². The van der Waals surface area contributed by atoms with E-state index in [1.807, 2.05) is 20.8 Å². The number of amides is 1. The molecule has 162 valence electrons. The average Bonchev–Trinajstić information content (AvgIpc) is 3.23. The van der Waals surface area contributed by atoms with E-state index in [-0.39, 0.29) is 23.7 Å². The van der Waals surface area contributed by atoms with Crippen LogP contribution < -0.4 is 11.1 Å². The molecule has 4 rings (SSSR count). The fourth-order valence-electron chi connectivity index (χ4n) is 4.75. The summed E-state index contributed by atoms with van der Waals surface area (Å²) in [5, 5.41) is 3.21. The second-order valence-corrected chi connectivity index (χ2v) is 9.29. The van der Waals surface area contributed by atoms with E-state index in [9.17, 15) is 9.18 Å². The minimum Gasteiger partial charge on any atom is -0.378 e. The van der Waals surface area contributed by atoms with E-state index < -0.39 is 0 Å². The normalized spacial score (nSPS) is 31.9. The molecule has 0 aromatic heterocycles. The largest absolute Gasteiger partial charge is 0.378 e. The minimum atomic E-state index is -0.171. The van der Waals surface area contributed by atoms with Gasteiger partial charge in [0, 0.05) is 37.1 Å². The molecule has 0 radical (unpaired) electrons. The number of likely N-dealkylation sites (tertiary alicyclic amines) is 1. The number of ether oxygens (including phenoxy) is 1. The Morgan fingerprint density at radius 1 is 1.14 bits per heavy atom. The molecular formula is C23H36FN3O2. The summed E-state index contributed by atoms with van der Waals surface area (Å²) in [6.07, 6.45) is 3.34. The van der Waals surface area contributed by atoms with E-state index in [4.69, 9.17) is 10.5 Å². The summed E-state index contributed by atoms with van der Waals surface area (Å²) < 4.78 is 17.7. The third kappa shape index (κ3) is 6.24. The van der Waals surface area contributed by atoms with Gasteiger partial charge in [-0.1, -0.05) is 31.5 Å². The zero-order valence-electron chi connectivity index (χ0n) is 17.9. The van der Waals surface area contributed by atoms with Crippen LogP contribution in [0.3, 0.4) is 0 Å². The molecule has 1 aromatic rings. The summed E-state index contributed by atoms with van der Waals surface area (Å²) in [5.41, 5.74) is 7.10. The van der Waals surface area contributed by atoms with Gasteiger partial charge in [-0.2, -0.15) is 0 Å². The summed E-state index contributed by atoms with van der Waals surface area (Å²) in [7, 11) is 0. The highest BCUT2D eigenvalue weighted by molar-refractivity contribution is 5.78. The molecule has 3 N–H and O–H groups in total. The first kappa shape index (κ1) is 22.2. The fourth-order valence-corrected chi connectivity index (χ4v) is 4.75. The van der Waals surface area contributed by atoms with Gasteiger partial charge in [0.2, 0.25) is 5.91 Å². The number of nitrogens with one attached hydrogen (secondary N) is 1. The predicted molar refractivity (Wildman–Crippen MR) is 113 cm³/mol. The van der Waals surface area contributed by atoms with E-state index >= 15 is 0 Å². The first-order valence-electron chi connectivity index (χ1n) is 10.9. The molecule has 5 nitrogen and oxygen atoms in total. The molecule has 2 heterocycles. The van der Waals surface area contributed by atoms with Gasteiger partial charge in [0.1, 0.15) is 5.82 Å². The third-order valence-electron chi connectivity index (χ3n) is 6.39. The van der Waals surface area contributed by atoms with E-state index in [0.29, 0.717) is 18.7 Å². The smallest absolute Gasteiger partial charge is 0.222 e. The fraction of sp³-hybridized carbons (Fsp3) is 0.696. The van der Waals surface area contributed by atoms with Gasteiger partial charge in [-0.05, 0) is 50.2 Å². The number of rotatable bonds is 3. The lowest BCUT2D eigenvalue weighted by atomic mass is 10.0. The number of nitrogens with two attached hydrogens (primary N) is 1. The lowest BCUT2D eigenvalue weighted by Gasteiger charge is -2.34. The summed E-state index contributed by atoms with van der Waals surface area (Å²) in [6.45, 7) is 9.69. The third-order valence-corrected chi connectivity index (χ3v) is 6.39. The highest BCUT2D eigenvalue weighted by atomic mass is 19.1. The Labute approximate surface area is 174 Å². The molecule has 4 unspecified atom stereocenters. The number of carbonyl (C=O) groups excluding carboxylic acids is 1. The Kier molecular flexibility index (Phi) is 7.66. The number of fused-ring (bicyclic) bond motifs is 1. The number of hydrogen-bond donors (Lipinski definition) is 2. The molecule has 1 aromatic carbocycles. The maximum atomic E-state index is 12.1. The van der Waals surface area contributed by atoms with E-state index in [2.05, 4.69) is 10.2 Å². The van der Waals surface area contributed by atoms with Crippen LogP contribution in [0, 0.1) is 30.5 Å². The Bertz CT molecular complexity index is 632. The van der Waals surface area contributed by atoms with E-state index in [1.165, 1.54) is 12.1 Å². The number of benzene rings is 1.